The van der Waals surface area contributed by atoms with Crippen LogP contribution in [0.4, 0.5) is 0 Å². The average Bonchev–Trinajstić information content (AvgIpc) is 3.21. The highest BCUT2D eigenvalue weighted by Crippen LogP contribution is 2.14. The minimum absolute atomic E-state index is 0.267. The lowest BCUT2D eigenvalue weighted by atomic mass is 10.3. The molecule has 3 heterocycles. The topological polar surface area (TPSA) is 41.4 Å². The van der Waals surface area contributed by atoms with Crippen molar-refractivity contribution in [3.63, 3.8) is 0 Å². The first-order chi connectivity index (χ1) is 11.8. The normalized spacial score (nSPS) is 16.3. The van der Waals surface area contributed by atoms with Gasteiger partial charge in [-0.3, -0.25) is 9.69 Å². The first-order valence-corrected chi connectivity index (χ1v) is 9.66. The van der Waals surface area contributed by atoms with E-state index < -0.39 is 0 Å². The summed E-state index contributed by atoms with van der Waals surface area (Å²) >= 11 is 1.81. The molecular formula is C18H26N4OS. The third-order valence-corrected chi connectivity index (χ3v) is 5.45. The van der Waals surface area contributed by atoms with Gasteiger partial charge in [0.1, 0.15) is 5.82 Å². The van der Waals surface area contributed by atoms with Crippen LogP contribution in [0.2, 0.25) is 0 Å². The van der Waals surface area contributed by atoms with E-state index in [1.165, 1.54) is 4.88 Å². The lowest BCUT2D eigenvalue weighted by Crippen LogP contribution is -2.35. The summed E-state index contributed by atoms with van der Waals surface area (Å²) in [4.78, 5) is 22.8. The van der Waals surface area contributed by atoms with Crippen molar-refractivity contribution in [1.29, 1.82) is 0 Å². The van der Waals surface area contributed by atoms with Gasteiger partial charge in [0.05, 0.1) is 0 Å². The minimum atomic E-state index is 0.267. The Morgan fingerprint density at radius 2 is 2.21 bits per heavy atom. The number of carbonyl (C=O) groups excluding carboxylic acids is 1. The second kappa shape index (κ2) is 8.44. The molecule has 3 rings (SSSR count). The zero-order chi connectivity index (χ0) is 16.8. The standard InChI is InChI=1S/C18H26N4OS/c1-2-17-19-7-11-21(17)10-6-18(23)22-9-4-8-20(12-13-22)15-16-5-3-14-24-16/h3,5,7,11,14H,2,4,6,8-10,12-13,15H2,1H3. The number of imidazole rings is 1. The molecule has 0 radical (unpaired) electrons. The van der Waals surface area contributed by atoms with Crippen LogP contribution in [0.1, 0.15) is 30.5 Å². The van der Waals surface area contributed by atoms with Gasteiger partial charge in [-0.1, -0.05) is 13.0 Å². The Morgan fingerprint density at radius 3 is 3.00 bits per heavy atom. The Labute approximate surface area is 147 Å². The van der Waals surface area contributed by atoms with Gasteiger partial charge in [0.25, 0.3) is 0 Å². The summed E-state index contributed by atoms with van der Waals surface area (Å²) in [5.41, 5.74) is 0. The van der Waals surface area contributed by atoms with E-state index in [1.807, 2.05) is 28.6 Å². The molecule has 0 bridgehead atoms. The van der Waals surface area contributed by atoms with Crippen LogP contribution < -0.4 is 0 Å². The second-order valence-corrected chi connectivity index (χ2v) is 7.26. The molecule has 0 aromatic carbocycles. The molecule has 0 spiro atoms. The molecule has 2 aromatic heterocycles. The summed E-state index contributed by atoms with van der Waals surface area (Å²) in [5.74, 6) is 1.32. The van der Waals surface area contributed by atoms with Crippen LogP contribution in [0.15, 0.2) is 29.9 Å². The van der Waals surface area contributed by atoms with E-state index in [9.17, 15) is 4.79 Å². The van der Waals surface area contributed by atoms with Crippen LogP contribution in [0.5, 0.6) is 0 Å². The predicted octanol–water partition coefficient (Wildman–Crippen LogP) is 2.63. The Balaban J connectivity index is 1.47. The number of hydrogen-bond acceptors (Lipinski definition) is 4. The SMILES string of the molecule is CCc1nccn1CCC(=O)N1CCCN(Cc2cccs2)CC1. The summed E-state index contributed by atoms with van der Waals surface area (Å²) < 4.78 is 2.10. The fourth-order valence-corrected chi connectivity index (χ4v) is 3.98. The smallest absolute Gasteiger partial charge is 0.224 e. The van der Waals surface area contributed by atoms with Gasteiger partial charge in [-0.05, 0) is 17.9 Å². The van der Waals surface area contributed by atoms with Crippen molar-refractivity contribution in [3.05, 3.63) is 40.6 Å². The highest BCUT2D eigenvalue weighted by molar-refractivity contribution is 7.09. The third-order valence-electron chi connectivity index (χ3n) is 4.59. The Bertz CT molecular complexity index is 637. The first kappa shape index (κ1) is 17.2. The van der Waals surface area contributed by atoms with Gasteiger partial charge >= 0.3 is 0 Å². The number of hydrogen-bond donors (Lipinski definition) is 0. The summed E-state index contributed by atoms with van der Waals surface area (Å²) in [6.45, 7) is 7.60. The van der Waals surface area contributed by atoms with Crippen molar-refractivity contribution in [2.24, 2.45) is 0 Å². The molecule has 0 aliphatic carbocycles. The summed E-state index contributed by atoms with van der Waals surface area (Å²) in [6.07, 6.45) is 6.31. The van der Waals surface area contributed by atoms with Crippen LogP contribution in [0, 0.1) is 0 Å². The molecule has 1 amide bonds. The first-order valence-electron chi connectivity index (χ1n) is 8.78. The van der Waals surface area contributed by atoms with E-state index in [1.54, 1.807) is 0 Å². The van der Waals surface area contributed by atoms with Crippen molar-refractivity contribution in [2.75, 3.05) is 26.2 Å². The van der Waals surface area contributed by atoms with Gasteiger partial charge < -0.3 is 9.47 Å². The van der Waals surface area contributed by atoms with E-state index >= 15 is 0 Å². The van der Waals surface area contributed by atoms with Crippen molar-refractivity contribution in [1.82, 2.24) is 19.4 Å². The van der Waals surface area contributed by atoms with Gasteiger partial charge in [-0.25, -0.2) is 4.98 Å². The van der Waals surface area contributed by atoms with Crippen molar-refractivity contribution in [2.45, 2.75) is 39.3 Å². The maximum absolute atomic E-state index is 12.5. The maximum Gasteiger partial charge on any atom is 0.224 e. The van der Waals surface area contributed by atoms with E-state index in [0.717, 1.165) is 57.9 Å². The van der Waals surface area contributed by atoms with Gasteiger partial charge in [0.15, 0.2) is 0 Å². The number of carbonyl (C=O) groups is 1. The number of aromatic nitrogens is 2. The molecule has 24 heavy (non-hydrogen) atoms. The molecule has 5 nitrogen and oxygen atoms in total. The zero-order valence-corrected chi connectivity index (χ0v) is 15.2. The number of thiophene rings is 1. The molecule has 1 aliphatic rings. The van der Waals surface area contributed by atoms with Crippen molar-refractivity contribution < 1.29 is 4.79 Å². The van der Waals surface area contributed by atoms with E-state index in [2.05, 4.69) is 38.9 Å². The fourth-order valence-electron chi connectivity index (χ4n) is 3.23. The molecular weight excluding hydrogens is 320 g/mol. The molecule has 1 saturated heterocycles. The van der Waals surface area contributed by atoms with Crippen LogP contribution >= 0.6 is 11.3 Å². The monoisotopic (exact) mass is 346 g/mol. The molecule has 6 heteroatoms. The van der Waals surface area contributed by atoms with E-state index in [0.29, 0.717) is 6.42 Å². The van der Waals surface area contributed by atoms with Crippen LogP contribution in [-0.4, -0.2) is 51.4 Å². The lowest BCUT2D eigenvalue weighted by Gasteiger charge is -2.22. The molecule has 2 aromatic rings. The highest BCUT2D eigenvalue weighted by Gasteiger charge is 2.19. The molecule has 0 N–H and O–H groups in total. The molecule has 1 aliphatic heterocycles. The fraction of sp³-hybridized carbons (Fsp3) is 0.556. The number of amides is 1. The Kier molecular flexibility index (Phi) is 6.04. The molecule has 1 fully saturated rings. The maximum atomic E-state index is 12.5. The summed E-state index contributed by atoms with van der Waals surface area (Å²) in [5, 5.41) is 2.13. The number of nitrogens with zero attached hydrogens (tertiary/aromatic N) is 4. The second-order valence-electron chi connectivity index (χ2n) is 6.23. The number of aryl methyl sites for hydroxylation is 2. The number of rotatable bonds is 6. The van der Waals surface area contributed by atoms with Gasteiger partial charge in [0, 0.05) is 69.4 Å². The highest BCUT2D eigenvalue weighted by atomic mass is 32.1. The molecule has 0 unspecified atom stereocenters. The van der Waals surface area contributed by atoms with E-state index in [-0.39, 0.29) is 5.91 Å². The Hall–Kier alpha value is -1.66. The quantitative estimate of drug-likeness (QED) is 0.807. The van der Waals surface area contributed by atoms with Gasteiger partial charge in [-0.2, -0.15) is 0 Å². The predicted molar refractivity (Wildman–Crippen MR) is 97.0 cm³/mol. The van der Waals surface area contributed by atoms with Gasteiger partial charge in [-0.15, -0.1) is 11.3 Å². The largest absolute Gasteiger partial charge is 0.341 e. The van der Waals surface area contributed by atoms with Gasteiger partial charge in [0.2, 0.25) is 5.91 Å². The van der Waals surface area contributed by atoms with E-state index in [4.69, 9.17) is 0 Å². The average molecular weight is 347 g/mol. The molecule has 0 atom stereocenters. The minimum Gasteiger partial charge on any atom is -0.341 e. The van der Waals surface area contributed by atoms with Crippen molar-refractivity contribution in [3.8, 4) is 0 Å². The van der Waals surface area contributed by atoms with Crippen LogP contribution in [-0.2, 0) is 24.3 Å². The lowest BCUT2D eigenvalue weighted by molar-refractivity contribution is -0.131. The van der Waals surface area contributed by atoms with Crippen molar-refractivity contribution >= 4 is 17.2 Å². The Morgan fingerprint density at radius 1 is 1.29 bits per heavy atom. The molecule has 130 valence electrons. The van der Waals surface area contributed by atoms with Crippen LogP contribution in [0.25, 0.3) is 0 Å². The van der Waals surface area contributed by atoms with Crippen LogP contribution in [0.3, 0.4) is 0 Å². The zero-order valence-electron chi connectivity index (χ0n) is 14.4. The third kappa shape index (κ3) is 4.45. The molecule has 0 saturated carbocycles. The summed E-state index contributed by atoms with van der Waals surface area (Å²) in [6, 6.07) is 4.29. The summed E-state index contributed by atoms with van der Waals surface area (Å²) in [7, 11) is 0.